The molecule has 0 aliphatic rings. The van der Waals surface area contributed by atoms with E-state index in [9.17, 15) is 4.79 Å². The van der Waals surface area contributed by atoms with Gasteiger partial charge in [-0.05, 0) is 37.1 Å². The molecule has 0 saturated heterocycles. The zero-order chi connectivity index (χ0) is 12.5. The Balaban J connectivity index is 2.30. The number of benzene rings is 1. The average molecular weight is 231 g/mol. The van der Waals surface area contributed by atoms with E-state index in [2.05, 4.69) is 16.7 Å². The van der Waals surface area contributed by atoms with Gasteiger partial charge >= 0.3 is 0 Å². The lowest BCUT2D eigenvalue weighted by molar-refractivity contribution is -0.114. The number of hydrogen-bond donors (Lipinski definition) is 2. The van der Waals surface area contributed by atoms with Gasteiger partial charge in [-0.1, -0.05) is 0 Å². The summed E-state index contributed by atoms with van der Waals surface area (Å²) in [5.74, 6) is -0.0674. The lowest BCUT2D eigenvalue weighted by Gasteiger charge is -2.07. The van der Waals surface area contributed by atoms with Crippen LogP contribution in [0.3, 0.4) is 0 Å². The molecule has 4 nitrogen and oxygen atoms in total. The van der Waals surface area contributed by atoms with E-state index in [-0.39, 0.29) is 5.91 Å². The number of nitrogens with one attached hydrogen (secondary N) is 2. The fourth-order valence-electron chi connectivity index (χ4n) is 1.44. The van der Waals surface area contributed by atoms with E-state index in [0.717, 1.165) is 30.8 Å². The summed E-state index contributed by atoms with van der Waals surface area (Å²) < 4.78 is 0. The summed E-state index contributed by atoms with van der Waals surface area (Å²) in [5, 5.41) is 14.4. The molecule has 17 heavy (non-hydrogen) atoms. The summed E-state index contributed by atoms with van der Waals surface area (Å²) >= 11 is 0. The quantitative estimate of drug-likeness (QED) is 0.740. The number of hydrogen-bond acceptors (Lipinski definition) is 3. The molecule has 1 rings (SSSR count). The molecule has 0 aliphatic carbocycles. The van der Waals surface area contributed by atoms with Crippen LogP contribution in [0.2, 0.25) is 0 Å². The molecule has 0 heterocycles. The average Bonchev–Trinajstić information content (AvgIpc) is 2.30. The molecule has 4 heteroatoms. The topological polar surface area (TPSA) is 64.9 Å². The van der Waals surface area contributed by atoms with Crippen molar-refractivity contribution in [3.05, 3.63) is 24.3 Å². The Morgan fingerprint density at radius 2 is 1.88 bits per heavy atom. The standard InChI is InChI=1S/C13H17N3O/c1-11(17)16-13-7-5-12(6-8-13)15-10-4-2-3-9-14/h5-8,15H,2-4,10H2,1H3,(H,16,17). The highest BCUT2D eigenvalue weighted by Crippen LogP contribution is 2.13. The van der Waals surface area contributed by atoms with E-state index in [4.69, 9.17) is 5.26 Å². The normalized spacial score (nSPS) is 9.41. The van der Waals surface area contributed by atoms with Gasteiger partial charge in [-0.25, -0.2) is 0 Å². The van der Waals surface area contributed by atoms with Crippen molar-refractivity contribution in [2.45, 2.75) is 26.2 Å². The molecular formula is C13H17N3O. The second-order valence-electron chi connectivity index (χ2n) is 3.80. The van der Waals surface area contributed by atoms with Gasteiger partial charge in [0.2, 0.25) is 5.91 Å². The monoisotopic (exact) mass is 231 g/mol. The van der Waals surface area contributed by atoms with E-state index in [1.54, 1.807) is 0 Å². The first kappa shape index (κ1) is 13.0. The Bertz CT molecular complexity index is 392. The highest BCUT2D eigenvalue weighted by Gasteiger charge is 1.96. The van der Waals surface area contributed by atoms with Crippen molar-refractivity contribution in [2.24, 2.45) is 0 Å². The molecule has 0 unspecified atom stereocenters. The van der Waals surface area contributed by atoms with E-state index in [1.165, 1.54) is 6.92 Å². The number of unbranched alkanes of at least 4 members (excludes halogenated alkanes) is 2. The summed E-state index contributed by atoms with van der Waals surface area (Å²) in [4.78, 5) is 10.8. The third kappa shape index (κ3) is 5.57. The molecule has 0 bridgehead atoms. The summed E-state index contributed by atoms with van der Waals surface area (Å²) in [5.41, 5.74) is 1.82. The maximum atomic E-state index is 10.8. The van der Waals surface area contributed by atoms with E-state index < -0.39 is 0 Å². The molecule has 1 amide bonds. The molecule has 90 valence electrons. The zero-order valence-electron chi connectivity index (χ0n) is 9.99. The van der Waals surface area contributed by atoms with Crippen LogP contribution < -0.4 is 10.6 Å². The maximum absolute atomic E-state index is 10.8. The van der Waals surface area contributed by atoms with Crippen LogP contribution in [0, 0.1) is 11.3 Å². The number of anilines is 2. The summed E-state index contributed by atoms with van der Waals surface area (Å²) in [6.07, 6.45) is 2.53. The molecular weight excluding hydrogens is 214 g/mol. The molecule has 0 radical (unpaired) electrons. The van der Waals surface area contributed by atoms with Crippen molar-refractivity contribution < 1.29 is 4.79 Å². The van der Waals surface area contributed by atoms with Crippen molar-refractivity contribution in [1.29, 1.82) is 5.26 Å². The zero-order valence-corrected chi connectivity index (χ0v) is 9.99. The second kappa shape index (κ2) is 7.29. The van der Waals surface area contributed by atoms with Gasteiger partial charge in [-0.2, -0.15) is 5.26 Å². The number of amides is 1. The smallest absolute Gasteiger partial charge is 0.221 e. The molecule has 0 fully saturated rings. The van der Waals surface area contributed by atoms with Gasteiger partial charge in [0, 0.05) is 31.3 Å². The summed E-state index contributed by atoms with van der Waals surface area (Å²) in [6, 6.07) is 9.70. The first-order valence-electron chi connectivity index (χ1n) is 5.71. The lowest BCUT2D eigenvalue weighted by atomic mass is 10.2. The molecule has 0 saturated carbocycles. The van der Waals surface area contributed by atoms with Crippen LogP contribution in [0.1, 0.15) is 26.2 Å². The Kier molecular flexibility index (Phi) is 5.59. The third-order valence-electron chi connectivity index (χ3n) is 2.25. The highest BCUT2D eigenvalue weighted by atomic mass is 16.1. The van der Waals surface area contributed by atoms with Gasteiger partial charge in [0.05, 0.1) is 6.07 Å². The van der Waals surface area contributed by atoms with Gasteiger partial charge in [-0.15, -0.1) is 0 Å². The molecule has 0 aromatic heterocycles. The number of nitrogens with zero attached hydrogens (tertiary/aromatic N) is 1. The third-order valence-corrected chi connectivity index (χ3v) is 2.25. The van der Waals surface area contributed by atoms with Crippen molar-refractivity contribution in [2.75, 3.05) is 17.2 Å². The predicted molar refractivity (Wildman–Crippen MR) is 68.7 cm³/mol. The SMILES string of the molecule is CC(=O)Nc1ccc(NCCCCC#N)cc1. The van der Waals surface area contributed by atoms with Crippen LogP contribution in [0.15, 0.2) is 24.3 Å². The molecule has 0 aliphatic heterocycles. The van der Waals surface area contributed by atoms with E-state index in [1.807, 2.05) is 24.3 Å². The summed E-state index contributed by atoms with van der Waals surface area (Å²) in [7, 11) is 0. The van der Waals surface area contributed by atoms with E-state index in [0.29, 0.717) is 6.42 Å². The van der Waals surface area contributed by atoms with Crippen LogP contribution in [-0.4, -0.2) is 12.5 Å². The Morgan fingerprint density at radius 1 is 1.24 bits per heavy atom. The van der Waals surface area contributed by atoms with Crippen LogP contribution in [0.4, 0.5) is 11.4 Å². The Labute approximate surface area is 102 Å². The Hall–Kier alpha value is -2.02. The van der Waals surface area contributed by atoms with Crippen LogP contribution >= 0.6 is 0 Å². The second-order valence-corrected chi connectivity index (χ2v) is 3.80. The Morgan fingerprint density at radius 3 is 2.47 bits per heavy atom. The molecule has 1 aromatic carbocycles. The van der Waals surface area contributed by atoms with Crippen molar-refractivity contribution in [3.8, 4) is 6.07 Å². The largest absolute Gasteiger partial charge is 0.385 e. The fourth-order valence-corrected chi connectivity index (χ4v) is 1.44. The highest BCUT2D eigenvalue weighted by molar-refractivity contribution is 5.88. The number of carbonyl (C=O) groups is 1. The van der Waals surface area contributed by atoms with Crippen LogP contribution in [0.25, 0.3) is 0 Å². The first-order chi connectivity index (χ1) is 8.22. The summed E-state index contributed by atoms with van der Waals surface area (Å²) in [6.45, 7) is 2.35. The molecule has 1 aromatic rings. The number of rotatable bonds is 6. The van der Waals surface area contributed by atoms with Gasteiger partial charge in [0.15, 0.2) is 0 Å². The number of carbonyl (C=O) groups excluding carboxylic acids is 1. The van der Waals surface area contributed by atoms with Gasteiger partial charge in [0.1, 0.15) is 0 Å². The molecule has 2 N–H and O–H groups in total. The van der Waals surface area contributed by atoms with Crippen molar-refractivity contribution in [1.82, 2.24) is 0 Å². The van der Waals surface area contributed by atoms with Crippen LogP contribution in [0.5, 0.6) is 0 Å². The molecule has 0 spiro atoms. The first-order valence-corrected chi connectivity index (χ1v) is 5.71. The van der Waals surface area contributed by atoms with Gasteiger partial charge in [0.25, 0.3) is 0 Å². The minimum atomic E-state index is -0.0674. The van der Waals surface area contributed by atoms with Crippen LogP contribution in [-0.2, 0) is 4.79 Å². The predicted octanol–water partition coefficient (Wildman–Crippen LogP) is 2.75. The fraction of sp³-hybridized carbons (Fsp3) is 0.385. The minimum Gasteiger partial charge on any atom is -0.385 e. The van der Waals surface area contributed by atoms with E-state index >= 15 is 0 Å². The van der Waals surface area contributed by atoms with Gasteiger partial charge < -0.3 is 10.6 Å². The molecule has 0 atom stereocenters. The minimum absolute atomic E-state index is 0.0674. The van der Waals surface area contributed by atoms with Crippen molar-refractivity contribution in [3.63, 3.8) is 0 Å². The number of nitriles is 1. The maximum Gasteiger partial charge on any atom is 0.221 e. The van der Waals surface area contributed by atoms with Gasteiger partial charge in [-0.3, -0.25) is 4.79 Å². The van der Waals surface area contributed by atoms with Crippen molar-refractivity contribution >= 4 is 17.3 Å². The lowest BCUT2D eigenvalue weighted by Crippen LogP contribution is -2.06.